The summed E-state index contributed by atoms with van der Waals surface area (Å²) in [5.74, 6) is -0.369. The number of hydrogen-bond acceptors (Lipinski definition) is 4. The number of unbranched alkanes of at least 4 members (excludes halogenated alkanes) is 2. The normalized spacial score (nSPS) is 10.3. The van der Waals surface area contributed by atoms with E-state index in [-0.39, 0.29) is 24.1 Å². The molecule has 2 N–H and O–H groups in total. The minimum Gasteiger partial charge on any atom is -0.333 e. The molecule has 0 bridgehead atoms. The first kappa shape index (κ1) is 20.5. The van der Waals surface area contributed by atoms with Crippen molar-refractivity contribution in [3.05, 3.63) is 51.7 Å². The van der Waals surface area contributed by atoms with Crippen molar-refractivity contribution in [2.45, 2.75) is 39.3 Å². The van der Waals surface area contributed by atoms with Gasteiger partial charge in [-0.25, -0.2) is 9.37 Å². The van der Waals surface area contributed by atoms with Gasteiger partial charge in [-0.3, -0.25) is 4.79 Å². The summed E-state index contributed by atoms with van der Waals surface area (Å²) < 4.78 is 13.0. The fourth-order valence-electron chi connectivity index (χ4n) is 2.28. The van der Waals surface area contributed by atoms with Crippen LogP contribution in [-0.2, 0) is 13.1 Å². The Balaban J connectivity index is 0.00000288. The maximum atomic E-state index is 13.0. The van der Waals surface area contributed by atoms with Crippen molar-refractivity contribution in [2.24, 2.45) is 5.73 Å². The van der Waals surface area contributed by atoms with Gasteiger partial charge in [-0.15, -0.1) is 23.7 Å². The van der Waals surface area contributed by atoms with Gasteiger partial charge in [0.2, 0.25) is 0 Å². The van der Waals surface area contributed by atoms with Gasteiger partial charge in [0.15, 0.2) is 0 Å². The van der Waals surface area contributed by atoms with Crippen molar-refractivity contribution in [3.8, 4) is 0 Å². The first-order valence-corrected chi connectivity index (χ1v) is 8.70. The first-order chi connectivity index (χ1) is 11.1. The third-order valence-corrected chi connectivity index (χ3v) is 4.42. The molecule has 132 valence electrons. The molecule has 0 aliphatic rings. The number of nitrogens with two attached hydrogens (primary N) is 1. The molecule has 0 saturated heterocycles. The van der Waals surface area contributed by atoms with Crippen LogP contribution >= 0.6 is 23.7 Å². The SMILES string of the molecule is CCCCCN(Cc1ccc(F)cc1)C(=O)c1csc(CN)n1.Cl. The number of halogens is 2. The highest BCUT2D eigenvalue weighted by Gasteiger charge is 2.18. The summed E-state index contributed by atoms with van der Waals surface area (Å²) in [6, 6.07) is 6.25. The average molecular weight is 372 g/mol. The van der Waals surface area contributed by atoms with E-state index < -0.39 is 0 Å². The first-order valence-electron chi connectivity index (χ1n) is 7.82. The van der Waals surface area contributed by atoms with Crippen LogP contribution in [0.5, 0.6) is 0 Å². The van der Waals surface area contributed by atoms with E-state index in [9.17, 15) is 9.18 Å². The summed E-state index contributed by atoms with van der Waals surface area (Å²) in [6.07, 6.45) is 3.10. The van der Waals surface area contributed by atoms with E-state index in [0.29, 0.717) is 25.3 Å². The van der Waals surface area contributed by atoms with Gasteiger partial charge >= 0.3 is 0 Å². The number of nitrogens with zero attached hydrogens (tertiary/aromatic N) is 2. The lowest BCUT2D eigenvalue weighted by Gasteiger charge is -2.22. The van der Waals surface area contributed by atoms with Crippen molar-refractivity contribution in [1.29, 1.82) is 0 Å². The van der Waals surface area contributed by atoms with Crippen molar-refractivity contribution in [3.63, 3.8) is 0 Å². The Morgan fingerprint density at radius 2 is 2.00 bits per heavy atom. The molecule has 0 aliphatic carbocycles. The van der Waals surface area contributed by atoms with E-state index in [0.717, 1.165) is 29.8 Å². The maximum absolute atomic E-state index is 13.0. The molecule has 4 nitrogen and oxygen atoms in total. The van der Waals surface area contributed by atoms with E-state index in [1.54, 1.807) is 22.4 Å². The largest absolute Gasteiger partial charge is 0.333 e. The third-order valence-electron chi connectivity index (χ3n) is 3.55. The van der Waals surface area contributed by atoms with Gasteiger partial charge in [0.05, 0.1) is 0 Å². The van der Waals surface area contributed by atoms with Crippen molar-refractivity contribution in [1.82, 2.24) is 9.88 Å². The van der Waals surface area contributed by atoms with Gasteiger partial charge in [-0.1, -0.05) is 31.9 Å². The molecular weight excluding hydrogens is 349 g/mol. The number of thiazole rings is 1. The van der Waals surface area contributed by atoms with Crippen LogP contribution in [-0.4, -0.2) is 22.3 Å². The van der Waals surface area contributed by atoms with Crippen LogP contribution in [0, 0.1) is 5.82 Å². The van der Waals surface area contributed by atoms with Gasteiger partial charge in [0, 0.05) is 25.0 Å². The molecule has 2 rings (SSSR count). The smallest absolute Gasteiger partial charge is 0.273 e. The van der Waals surface area contributed by atoms with Gasteiger partial charge in [-0.2, -0.15) is 0 Å². The molecule has 0 aliphatic heterocycles. The quantitative estimate of drug-likeness (QED) is 0.713. The summed E-state index contributed by atoms with van der Waals surface area (Å²) in [5, 5.41) is 2.51. The van der Waals surface area contributed by atoms with Crippen LogP contribution in [0.25, 0.3) is 0 Å². The van der Waals surface area contributed by atoms with Crippen LogP contribution in [0.15, 0.2) is 29.6 Å². The Hall–Kier alpha value is -1.50. The zero-order valence-corrected chi connectivity index (χ0v) is 15.3. The summed E-state index contributed by atoms with van der Waals surface area (Å²) in [5.41, 5.74) is 6.91. The number of benzene rings is 1. The fourth-order valence-corrected chi connectivity index (χ4v) is 2.93. The van der Waals surface area contributed by atoms with Crippen LogP contribution < -0.4 is 5.73 Å². The third kappa shape index (κ3) is 5.85. The fraction of sp³-hybridized carbons (Fsp3) is 0.412. The summed E-state index contributed by atoms with van der Waals surface area (Å²) >= 11 is 1.40. The van der Waals surface area contributed by atoms with E-state index in [4.69, 9.17) is 5.73 Å². The Kier molecular flexibility index (Phi) is 8.89. The predicted octanol–water partition coefficient (Wildman–Crippen LogP) is 4.00. The molecule has 0 atom stereocenters. The van der Waals surface area contributed by atoms with Gasteiger partial charge in [-0.05, 0) is 24.1 Å². The van der Waals surface area contributed by atoms with Gasteiger partial charge < -0.3 is 10.6 Å². The molecule has 2 aromatic rings. The molecule has 1 aromatic heterocycles. The lowest BCUT2D eigenvalue weighted by atomic mass is 10.2. The second-order valence-electron chi connectivity index (χ2n) is 5.39. The molecule has 24 heavy (non-hydrogen) atoms. The monoisotopic (exact) mass is 371 g/mol. The maximum Gasteiger partial charge on any atom is 0.273 e. The molecule has 0 saturated carbocycles. The Labute approximate surface area is 152 Å². The van der Waals surface area contributed by atoms with Crippen LogP contribution in [0.1, 0.15) is 47.2 Å². The molecule has 0 radical (unpaired) electrons. The number of carbonyl (C=O) groups excluding carboxylic acids is 1. The standard InChI is InChI=1S/C17H22FN3OS.ClH/c1-2-3-4-9-21(11-13-5-7-14(18)8-6-13)17(22)15-12-23-16(10-19)20-15;/h5-8,12H,2-4,9-11,19H2,1H3;1H. The average Bonchev–Trinajstić information content (AvgIpc) is 3.04. The second kappa shape index (κ2) is 10.4. The van der Waals surface area contributed by atoms with E-state index >= 15 is 0 Å². The summed E-state index contributed by atoms with van der Waals surface area (Å²) in [7, 11) is 0. The zero-order valence-electron chi connectivity index (χ0n) is 13.7. The van der Waals surface area contributed by atoms with Gasteiger partial charge in [0.25, 0.3) is 5.91 Å². The molecule has 1 aromatic carbocycles. The zero-order chi connectivity index (χ0) is 16.7. The highest BCUT2D eigenvalue weighted by molar-refractivity contribution is 7.09. The van der Waals surface area contributed by atoms with Gasteiger partial charge in [0.1, 0.15) is 16.5 Å². The molecular formula is C17H23ClFN3OS. The minimum absolute atomic E-state index is 0. The molecule has 7 heteroatoms. The summed E-state index contributed by atoms with van der Waals surface area (Å²) in [6.45, 7) is 3.59. The van der Waals surface area contributed by atoms with E-state index in [1.807, 2.05) is 0 Å². The number of rotatable bonds is 8. The van der Waals surface area contributed by atoms with Crippen LogP contribution in [0.3, 0.4) is 0 Å². The topological polar surface area (TPSA) is 59.2 Å². The lowest BCUT2D eigenvalue weighted by molar-refractivity contribution is 0.0734. The minimum atomic E-state index is -0.273. The van der Waals surface area contributed by atoms with Crippen molar-refractivity contribution >= 4 is 29.7 Å². The number of hydrogen-bond donors (Lipinski definition) is 1. The second-order valence-corrected chi connectivity index (χ2v) is 6.33. The Bertz CT molecular complexity index is 633. The van der Waals surface area contributed by atoms with Crippen LogP contribution in [0.4, 0.5) is 4.39 Å². The van der Waals surface area contributed by atoms with Crippen molar-refractivity contribution < 1.29 is 9.18 Å². The van der Waals surface area contributed by atoms with E-state index in [2.05, 4.69) is 11.9 Å². The summed E-state index contributed by atoms with van der Waals surface area (Å²) in [4.78, 5) is 18.7. The Morgan fingerprint density at radius 3 is 2.58 bits per heavy atom. The lowest BCUT2D eigenvalue weighted by Crippen LogP contribution is -2.31. The molecule has 0 fully saturated rings. The van der Waals surface area contributed by atoms with Crippen LogP contribution in [0.2, 0.25) is 0 Å². The number of aromatic nitrogens is 1. The van der Waals surface area contributed by atoms with E-state index in [1.165, 1.54) is 23.5 Å². The molecule has 1 amide bonds. The molecule has 0 spiro atoms. The highest BCUT2D eigenvalue weighted by atomic mass is 35.5. The highest BCUT2D eigenvalue weighted by Crippen LogP contribution is 2.15. The number of carbonyl (C=O) groups is 1. The Morgan fingerprint density at radius 1 is 1.29 bits per heavy atom. The number of amides is 1. The van der Waals surface area contributed by atoms with Crippen molar-refractivity contribution in [2.75, 3.05) is 6.54 Å². The molecule has 0 unspecified atom stereocenters. The predicted molar refractivity (Wildman–Crippen MR) is 97.9 cm³/mol. The molecule has 1 heterocycles.